The number of rotatable bonds is 6. The molecule has 0 saturated heterocycles. The number of para-hydroxylation sites is 4. The van der Waals surface area contributed by atoms with Crippen LogP contribution in [-0.4, -0.2) is 9.13 Å². The lowest BCUT2D eigenvalue weighted by Gasteiger charge is -2.32. The molecule has 56 heavy (non-hydrogen) atoms. The van der Waals surface area contributed by atoms with Gasteiger partial charge in [-0.1, -0.05) is 91.5 Å². The van der Waals surface area contributed by atoms with Gasteiger partial charge in [0.05, 0.1) is 50.4 Å². The molecule has 0 N–H and O–H groups in total. The number of furan rings is 2. The Morgan fingerprint density at radius 1 is 0.625 bits per heavy atom. The fraction of sp³-hybridized carbons (Fsp3) is 0.0400. The van der Waals surface area contributed by atoms with Gasteiger partial charge in [0.25, 0.3) is 0 Å². The van der Waals surface area contributed by atoms with Crippen LogP contribution in [0.4, 0.5) is 0 Å². The van der Waals surface area contributed by atoms with Crippen molar-refractivity contribution in [1.82, 2.24) is 9.13 Å². The SMILES string of the molecule is C=C/C(C#N)=C\C=C(\n1c2ccccc2c2c3oc4ccccc4c3ccc21)C1(Cn2c3ccccc3c3c4oc5ccccc5c4ccc32)C=CC(C#N)=C1. The molecule has 1 atom stereocenters. The van der Waals surface area contributed by atoms with E-state index in [1.54, 1.807) is 6.08 Å². The molecule has 4 aromatic heterocycles. The molecule has 6 nitrogen and oxygen atoms in total. The predicted octanol–water partition coefficient (Wildman–Crippen LogP) is 12.9. The van der Waals surface area contributed by atoms with E-state index in [-0.39, 0.29) is 0 Å². The van der Waals surface area contributed by atoms with Gasteiger partial charge in [-0.25, -0.2) is 0 Å². The minimum Gasteiger partial charge on any atom is -0.455 e. The van der Waals surface area contributed by atoms with E-state index in [2.05, 4.69) is 119 Å². The molecule has 0 radical (unpaired) electrons. The van der Waals surface area contributed by atoms with Gasteiger partial charge in [0.1, 0.15) is 22.3 Å². The van der Waals surface area contributed by atoms with Gasteiger partial charge in [-0.05, 0) is 72.8 Å². The normalized spacial score (nSPS) is 16.3. The summed E-state index contributed by atoms with van der Waals surface area (Å²) in [4.78, 5) is 0. The first-order valence-electron chi connectivity index (χ1n) is 18.5. The zero-order valence-corrected chi connectivity index (χ0v) is 30.0. The van der Waals surface area contributed by atoms with E-state index < -0.39 is 5.41 Å². The third-order valence-corrected chi connectivity index (χ3v) is 11.5. The standard InChI is InChI=1S/C50H30N4O2/c1-2-31(28-51)19-24-45(54-40-16-8-4-14-38(40)47-42(54)23-21-36-34-12-6-10-18-44(34)56-49(36)47)50(26-25-32(27-50)29-52)30-53-39-15-7-3-13-37(39)46-41(53)22-20-35-33-11-5-9-17-43(33)55-48(35)46/h2-27H,1,30H2/b31-19+,45-24+. The number of hydrogen-bond acceptors (Lipinski definition) is 4. The van der Waals surface area contributed by atoms with Gasteiger partial charge in [-0.2, -0.15) is 10.5 Å². The van der Waals surface area contributed by atoms with Crippen LogP contribution in [0.2, 0.25) is 0 Å². The number of hydrogen-bond donors (Lipinski definition) is 0. The Morgan fingerprint density at radius 2 is 1.20 bits per heavy atom. The maximum Gasteiger partial charge on any atom is 0.145 e. The van der Waals surface area contributed by atoms with Crippen LogP contribution in [0.1, 0.15) is 0 Å². The Morgan fingerprint density at radius 3 is 1.82 bits per heavy atom. The first-order valence-corrected chi connectivity index (χ1v) is 18.5. The van der Waals surface area contributed by atoms with Crippen molar-refractivity contribution in [3.05, 3.63) is 176 Å². The average Bonchev–Trinajstić information content (AvgIpc) is 4.06. The van der Waals surface area contributed by atoms with Crippen molar-refractivity contribution in [2.24, 2.45) is 5.41 Å². The molecule has 1 unspecified atom stereocenters. The molecule has 11 rings (SSSR count). The van der Waals surface area contributed by atoms with Crippen molar-refractivity contribution < 1.29 is 8.83 Å². The summed E-state index contributed by atoms with van der Waals surface area (Å²) in [5, 5.41) is 28.9. The monoisotopic (exact) mass is 718 g/mol. The number of aromatic nitrogens is 2. The molecule has 6 heteroatoms. The number of allylic oxidation sites excluding steroid dienone is 9. The molecule has 0 bridgehead atoms. The second-order valence-electron chi connectivity index (χ2n) is 14.4. The highest BCUT2D eigenvalue weighted by atomic mass is 16.3. The van der Waals surface area contributed by atoms with Crippen molar-refractivity contribution in [1.29, 1.82) is 10.5 Å². The molecule has 1 aliphatic carbocycles. The number of benzene rings is 6. The highest BCUT2D eigenvalue weighted by molar-refractivity contribution is 6.25. The Hall–Kier alpha value is -7.80. The number of fused-ring (bicyclic) bond motifs is 14. The molecule has 0 spiro atoms. The summed E-state index contributed by atoms with van der Waals surface area (Å²) in [6.45, 7) is 4.36. The first-order chi connectivity index (χ1) is 27.6. The predicted molar refractivity (Wildman–Crippen MR) is 227 cm³/mol. The summed E-state index contributed by atoms with van der Waals surface area (Å²) in [6.07, 6.45) is 11.5. The minimum atomic E-state index is -0.863. The summed E-state index contributed by atoms with van der Waals surface area (Å²) < 4.78 is 17.9. The van der Waals surface area contributed by atoms with Gasteiger partial charge in [-0.15, -0.1) is 0 Å². The van der Waals surface area contributed by atoms with E-state index in [1.807, 2.05) is 60.7 Å². The molecule has 0 fully saturated rings. The van der Waals surface area contributed by atoms with Crippen LogP contribution in [-0.2, 0) is 6.54 Å². The van der Waals surface area contributed by atoms with Gasteiger partial charge in [0.2, 0.25) is 0 Å². The third kappa shape index (κ3) is 4.36. The van der Waals surface area contributed by atoms with Gasteiger partial charge >= 0.3 is 0 Å². The molecule has 0 aliphatic heterocycles. The molecule has 1 aliphatic rings. The van der Waals surface area contributed by atoms with Crippen molar-refractivity contribution >= 4 is 93.2 Å². The summed E-state index contributed by atoms with van der Waals surface area (Å²) in [6, 6.07) is 46.4. The maximum atomic E-state index is 10.4. The van der Waals surface area contributed by atoms with E-state index in [0.717, 1.165) is 93.2 Å². The van der Waals surface area contributed by atoms with E-state index in [9.17, 15) is 10.5 Å². The summed E-state index contributed by atoms with van der Waals surface area (Å²) in [7, 11) is 0. The zero-order chi connectivity index (χ0) is 37.5. The molecule has 262 valence electrons. The summed E-state index contributed by atoms with van der Waals surface area (Å²) in [5.41, 5.74) is 8.34. The summed E-state index contributed by atoms with van der Waals surface area (Å²) in [5.74, 6) is 0. The molecular formula is C50H30N4O2. The second-order valence-corrected chi connectivity index (χ2v) is 14.4. The maximum absolute atomic E-state index is 10.4. The van der Waals surface area contributed by atoms with Crippen molar-refractivity contribution in [3.8, 4) is 12.1 Å². The van der Waals surface area contributed by atoms with Crippen LogP contribution in [0.25, 0.3) is 93.2 Å². The highest BCUT2D eigenvalue weighted by Crippen LogP contribution is 2.49. The quantitative estimate of drug-likeness (QED) is 0.127. The van der Waals surface area contributed by atoms with Gasteiger partial charge < -0.3 is 18.0 Å². The smallest absolute Gasteiger partial charge is 0.145 e. The molecular weight excluding hydrogens is 689 g/mol. The lowest BCUT2D eigenvalue weighted by molar-refractivity contribution is 0.529. The van der Waals surface area contributed by atoms with Crippen LogP contribution >= 0.6 is 0 Å². The number of nitrogens with zero attached hydrogens (tertiary/aromatic N) is 4. The fourth-order valence-electron chi connectivity index (χ4n) is 9.02. The Labute approximate surface area is 320 Å². The van der Waals surface area contributed by atoms with Crippen LogP contribution < -0.4 is 0 Å². The summed E-state index contributed by atoms with van der Waals surface area (Å²) >= 11 is 0. The highest BCUT2D eigenvalue weighted by Gasteiger charge is 2.38. The van der Waals surface area contributed by atoms with E-state index >= 15 is 0 Å². The van der Waals surface area contributed by atoms with Gasteiger partial charge in [-0.3, -0.25) is 0 Å². The van der Waals surface area contributed by atoms with Crippen LogP contribution in [0.3, 0.4) is 0 Å². The largest absolute Gasteiger partial charge is 0.455 e. The Kier molecular flexibility index (Phi) is 6.71. The van der Waals surface area contributed by atoms with Crippen molar-refractivity contribution in [3.63, 3.8) is 0 Å². The van der Waals surface area contributed by atoms with E-state index in [0.29, 0.717) is 17.7 Å². The molecule has 0 amide bonds. The topological polar surface area (TPSA) is 83.7 Å². The van der Waals surface area contributed by atoms with E-state index in [1.165, 1.54) is 0 Å². The van der Waals surface area contributed by atoms with Crippen LogP contribution in [0, 0.1) is 28.1 Å². The van der Waals surface area contributed by atoms with Crippen molar-refractivity contribution in [2.75, 3.05) is 0 Å². The van der Waals surface area contributed by atoms with Crippen LogP contribution in [0.15, 0.2) is 184 Å². The third-order valence-electron chi connectivity index (χ3n) is 11.5. The molecule has 0 saturated carbocycles. The lowest BCUT2D eigenvalue weighted by atomic mass is 9.84. The fourth-order valence-corrected chi connectivity index (χ4v) is 9.02. The van der Waals surface area contributed by atoms with Gasteiger partial charge in [0.15, 0.2) is 0 Å². The average molecular weight is 719 g/mol. The van der Waals surface area contributed by atoms with Crippen LogP contribution in [0.5, 0.6) is 0 Å². The van der Waals surface area contributed by atoms with Crippen molar-refractivity contribution in [2.45, 2.75) is 6.54 Å². The molecule has 6 aromatic carbocycles. The Balaban J connectivity index is 1.24. The second kappa shape index (κ2) is 11.9. The molecule has 4 heterocycles. The van der Waals surface area contributed by atoms with Gasteiger partial charge in [0, 0.05) is 55.6 Å². The number of nitriles is 2. The zero-order valence-electron chi connectivity index (χ0n) is 30.0. The minimum absolute atomic E-state index is 0.425. The lowest BCUT2D eigenvalue weighted by Crippen LogP contribution is -2.26. The molecule has 10 aromatic rings. The first kappa shape index (κ1) is 31.7. The van der Waals surface area contributed by atoms with E-state index in [4.69, 9.17) is 8.83 Å². The Bertz CT molecular complexity index is 3560.